The first-order valence-electron chi connectivity index (χ1n) is 5.81. The van der Waals surface area contributed by atoms with Crippen molar-refractivity contribution in [1.82, 2.24) is 0 Å². The largest absolute Gasteiger partial charge is 0.324 e. The van der Waals surface area contributed by atoms with Gasteiger partial charge in [-0.05, 0) is 30.0 Å². The second-order valence-corrected chi connectivity index (χ2v) is 4.55. The summed E-state index contributed by atoms with van der Waals surface area (Å²) >= 11 is 6.11. The van der Waals surface area contributed by atoms with Gasteiger partial charge in [-0.1, -0.05) is 60.1 Å². The Hall–Kier alpha value is -1.31. The molecular weight excluding hydrogens is 230 g/mol. The maximum absolute atomic E-state index is 6.15. The van der Waals surface area contributed by atoms with Crippen LogP contribution in [0, 0.1) is 0 Å². The molecular formula is C15H16ClN. The average Bonchev–Trinajstić information content (AvgIpc) is 2.38. The lowest BCUT2D eigenvalue weighted by molar-refractivity contribution is 0.651. The number of aryl methyl sites for hydroxylation is 1. The average molecular weight is 246 g/mol. The quantitative estimate of drug-likeness (QED) is 0.867. The van der Waals surface area contributed by atoms with Gasteiger partial charge < -0.3 is 5.73 Å². The highest BCUT2D eigenvalue weighted by Gasteiger charge is 2.06. The molecule has 1 unspecified atom stereocenters. The molecule has 0 aromatic heterocycles. The van der Waals surface area contributed by atoms with Crippen LogP contribution in [0.2, 0.25) is 5.02 Å². The zero-order chi connectivity index (χ0) is 12.1. The molecule has 17 heavy (non-hydrogen) atoms. The van der Waals surface area contributed by atoms with Crippen LogP contribution >= 0.6 is 11.6 Å². The molecule has 88 valence electrons. The molecule has 0 saturated carbocycles. The minimum Gasteiger partial charge on any atom is -0.324 e. The molecule has 0 heterocycles. The Labute approximate surface area is 107 Å². The number of hydrogen-bond donors (Lipinski definition) is 1. The number of rotatable bonds is 4. The van der Waals surface area contributed by atoms with E-state index in [-0.39, 0.29) is 6.04 Å². The standard InChI is InChI=1S/C15H16ClN/c16-14-9-5-4-6-12(14)10-11-15(17)13-7-2-1-3-8-13/h1-9,15H,10-11,17H2. The molecule has 2 aromatic rings. The Morgan fingerprint density at radius 3 is 2.29 bits per heavy atom. The van der Waals surface area contributed by atoms with Crippen molar-refractivity contribution in [2.24, 2.45) is 5.73 Å². The van der Waals surface area contributed by atoms with Gasteiger partial charge in [0.05, 0.1) is 0 Å². The van der Waals surface area contributed by atoms with Gasteiger partial charge >= 0.3 is 0 Å². The van der Waals surface area contributed by atoms with Crippen molar-refractivity contribution in [2.75, 3.05) is 0 Å². The number of halogens is 1. The van der Waals surface area contributed by atoms with E-state index in [0.717, 1.165) is 17.9 Å². The van der Waals surface area contributed by atoms with Crippen LogP contribution in [0.1, 0.15) is 23.6 Å². The van der Waals surface area contributed by atoms with Gasteiger partial charge in [-0.15, -0.1) is 0 Å². The first-order valence-corrected chi connectivity index (χ1v) is 6.19. The Kier molecular flexibility index (Phi) is 4.18. The van der Waals surface area contributed by atoms with E-state index in [1.165, 1.54) is 11.1 Å². The van der Waals surface area contributed by atoms with E-state index in [9.17, 15) is 0 Å². The SMILES string of the molecule is NC(CCc1ccccc1Cl)c1ccccc1. The minimum absolute atomic E-state index is 0.0764. The summed E-state index contributed by atoms with van der Waals surface area (Å²) in [7, 11) is 0. The molecule has 0 radical (unpaired) electrons. The van der Waals surface area contributed by atoms with Crippen molar-refractivity contribution in [3.63, 3.8) is 0 Å². The summed E-state index contributed by atoms with van der Waals surface area (Å²) in [5.41, 5.74) is 8.50. The van der Waals surface area contributed by atoms with Gasteiger partial charge in [0.1, 0.15) is 0 Å². The first kappa shape index (κ1) is 12.2. The molecule has 0 fully saturated rings. The van der Waals surface area contributed by atoms with Crippen LogP contribution in [0.5, 0.6) is 0 Å². The molecule has 2 rings (SSSR count). The lowest BCUT2D eigenvalue weighted by Crippen LogP contribution is -2.11. The summed E-state index contributed by atoms with van der Waals surface area (Å²) in [5, 5.41) is 0.827. The van der Waals surface area contributed by atoms with Gasteiger partial charge in [0, 0.05) is 11.1 Å². The fraction of sp³-hybridized carbons (Fsp3) is 0.200. The molecule has 0 amide bonds. The van der Waals surface area contributed by atoms with Gasteiger partial charge in [0.25, 0.3) is 0 Å². The summed E-state index contributed by atoms with van der Waals surface area (Å²) in [6.45, 7) is 0. The number of hydrogen-bond acceptors (Lipinski definition) is 1. The van der Waals surface area contributed by atoms with Gasteiger partial charge in [-0.2, -0.15) is 0 Å². The van der Waals surface area contributed by atoms with E-state index < -0.39 is 0 Å². The van der Waals surface area contributed by atoms with Crippen LogP contribution in [-0.2, 0) is 6.42 Å². The molecule has 0 aliphatic rings. The Morgan fingerprint density at radius 1 is 0.941 bits per heavy atom. The minimum atomic E-state index is 0.0764. The van der Waals surface area contributed by atoms with E-state index in [4.69, 9.17) is 17.3 Å². The molecule has 2 N–H and O–H groups in total. The van der Waals surface area contributed by atoms with E-state index in [1.807, 2.05) is 36.4 Å². The molecule has 0 saturated heterocycles. The zero-order valence-corrected chi connectivity index (χ0v) is 10.4. The van der Waals surface area contributed by atoms with Crippen LogP contribution in [0.25, 0.3) is 0 Å². The van der Waals surface area contributed by atoms with E-state index in [1.54, 1.807) is 0 Å². The second kappa shape index (κ2) is 5.85. The molecule has 0 aliphatic carbocycles. The molecule has 2 aromatic carbocycles. The summed E-state index contributed by atoms with van der Waals surface area (Å²) in [5.74, 6) is 0. The maximum atomic E-state index is 6.15. The Morgan fingerprint density at radius 2 is 1.59 bits per heavy atom. The van der Waals surface area contributed by atoms with Crippen molar-refractivity contribution in [3.8, 4) is 0 Å². The third-order valence-corrected chi connectivity index (χ3v) is 3.28. The van der Waals surface area contributed by atoms with Crippen LogP contribution in [0.3, 0.4) is 0 Å². The van der Waals surface area contributed by atoms with Crippen molar-refractivity contribution >= 4 is 11.6 Å². The smallest absolute Gasteiger partial charge is 0.0437 e. The second-order valence-electron chi connectivity index (χ2n) is 4.15. The first-order chi connectivity index (χ1) is 8.27. The number of benzene rings is 2. The van der Waals surface area contributed by atoms with Crippen molar-refractivity contribution < 1.29 is 0 Å². The Balaban J connectivity index is 1.97. The van der Waals surface area contributed by atoms with Gasteiger partial charge in [-0.3, -0.25) is 0 Å². The third kappa shape index (κ3) is 3.32. The predicted octanol–water partition coefficient (Wildman–Crippen LogP) is 3.97. The fourth-order valence-electron chi connectivity index (χ4n) is 1.88. The highest BCUT2D eigenvalue weighted by atomic mass is 35.5. The van der Waals surface area contributed by atoms with Gasteiger partial charge in [0.15, 0.2) is 0 Å². The van der Waals surface area contributed by atoms with Gasteiger partial charge in [0.2, 0.25) is 0 Å². The number of nitrogens with two attached hydrogens (primary N) is 1. The van der Waals surface area contributed by atoms with Crippen molar-refractivity contribution in [1.29, 1.82) is 0 Å². The molecule has 1 atom stereocenters. The fourth-order valence-corrected chi connectivity index (χ4v) is 2.11. The van der Waals surface area contributed by atoms with Crippen LogP contribution < -0.4 is 5.73 Å². The highest BCUT2D eigenvalue weighted by molar-refractivity contribution is 6.31. The van der Waals surface area contributed by atoms with Crippen LogP contribution in [0.15, 0.2) is 54.6 Å². The Bertz CT molecular complexity index is 467. The van der Waals surface area contributed by atoms with Crippen molar-refractivity contribution in [3.05, 3.63) is 70.7 Å². The molecule has 0 aliphatic heterocycles. The summed E-state index contributed by atoms with van der Waals surface area (Å²) in [6.07, 6.45) is 1.82. The molecule has 0 bridgehead atoms. The highest BCUT2D eigenvalue weighted by Crippen LogP contribution is 2.21. The third-order valence-electron chi connectivity index (χ3n) is 2.91. The van der Waals surface area contributed by atoms with E-state index >= 15 is 0 Å². The maximum Gasteiger partial charge on any atom is 0.0437 e. The van der Waals surface area contributed by atoms with E-state index in [2.05, 4.69) is 18.2 Å². The lowest BCUT2D eigenvalue weighted by Gasteiger charge is -2.12. The van der Waals surface area contributed by atoms with Crippen molar-refractivity contribution in [2.45, 2.75) is 18.9 Å². The van der Waals surface area contributed by atoms with Crippen LogP contribution in [0.4, 0.5) is 0 Å². The summed E-state index contributed by atoms with van der Waals surface area (Å²) in [6, 6.07) is 18.2. The molecule has 0 spiro atoms. The van der Waals surface area contributed by atoms with Crippen LogP contribution in [-0.4, -0.2) is 0 Å². The van der Waals surface area contributed by atoms with Gasteiger partial charge in [-0.25, -0.2) is 0 Å². The normalized spacial score (nSPS) is 12.4. The molecule has 1 nitrogen and oxygen atoms in total. The molecule has 2 heteroatoms. The monoisotopic (exact) mass is 245 g/mol. The summed E-state index contributed by atoms with van der Waals surface area (Å²) < 4.78 is 0. The lowest BCUT2D eigenvalue weighted by atomic mass is 10.00. The van der Waals surface area contributed by atoms with E-state index in [0.29, 0.717) is 0 Å². The summed E-state index contributed by atoms with van der Waals surface area (Å²) in [4.78, 5) is 0. The predicted molar refractivity (Wildman–Crippen MR) is 73.1 cm³/mol. The zero-order valence-electron chi connectivity index (χ0n) is 9.64. The topological polar surface area (TPSA) is 26.0 Å².